The summed E-state index contributed by atoms with van der Waals surface area (Å²) in [5.74, 6) is 0.314. The van der Waals surface area contributed by atoms with Crippen LogP contribution in [0, 0.1) is 6.92 Å². The number of aliphatic hydroxyl groups excluding tert-OH is 1. The van der Waals surface area contributed by atoms with Gasteiger partial charge >= 0.3 is 6.03 Å². The van der Waals surface area contributed by atoms with Crippen molar-refractivity contribution in [3.63, 3.8) is 0 Å². The minimum Gasteiger partial charge on any atom is -0.487 e. The van der Waals surface area contributed by atoms with Crippen molar-refractivity contribution >= 4 is 11.7 Å². The number of ether oxygens (including phenoxy) is 1. The molecular formula is C14H18F2N2O3. The second-order valence-corrected chi connectivity index (χ2v) is 5.00. The molecule has 0 bridgehead atoms. The second-order valence-electron chi connectivity index (χ2n) is 5.00. The number of nitrogens with zero attached hydrogens (tertiary/aromatic N) is 1. The molecule has 1 fully saturated rings. The third kappa shape index (κ3) is 4.29. The van der Waals surface area contributed by atoms with Crippen LogP contribution in [-0.4, -0.2) is 48.3 Å². The number of rotatable bonds is 4. The van der Waals surface area contributed by atoms with Crippen LogP contribution < -0.4 is 10.1 Å². The van der Waals surface area contributed by atoms with Crippen molar-refractivity contribution in [2.45, 2.75) is 25.9 Å². The van der Waals surface area contributed by atoms with Crippen molar-refractivity contribution < 1.29 is 23.4 Å². The van der Waals surface area contributed by atoms with E-state index in [1.807, 2.05) is 0 Å². The number of urea groups is 1. The van der Waals surface area contributed by atoms with Gasteiger partial charge in [-0.3, -0.25) is 0 Å². The topological polar surface area (TPSA) is 61.8 Å². The zero-order valence-corrected chi connectivity index (χ0v) is 11.7. The zero-order valence-electron chi connectivity index (χ0n) is 11.7. The Morgan fingerprint density at radius 2 is 2.33 bits per heavy atom. The first-order valence-electron chi connectivity index (χ1n) is 6.71. The highest BCUT2D eigenvalue weighted by molar-refractivity contribution is 5.89. The van der Waals surface area contributed by atoms with Crippen molar-refractivity contribution in [2.24, 2.45) is 0 Å². The van der Waals surface area contributed by atoms with Crippen LogP contribution in [0.3, 0.4) is 0 Å². The average Bonchev–Trinajstić information content (AvgIpc) is 2.86. The lowest BCUT2D eigenvalue weighted by atomic mass is 10.2. The number of benzene rings is 1. The van der Waals surface area contributed by atoms with Crippen LogP contribution in [0.5, 0.6) is 5.75 Å². The number of likely N-dealkylation sites (tertiary alicyclic amines) is 1. The summed E-state index contributed by atoms with van der Waals surface area (Å²) < 4.78 is 29.4. The van der Waals surface area contributed by atoms with Gasteiger partial charge < -0.3 is 20.1 Å². The van der Waals surface area contributed by atoms with Crippen LogP contribution in [0.1, 0.15) is 12.0 Å². The van der Waals surface area contributed by atoms with Crippen LogP contribution in [-0.2, 0) is 0 Å². The first-order chi connectivity index (χ1) is 9.95. The lowest BCUT2D eigenvalue weighted by Gasteiger charge is -2.17. The van der Waals surface area contributed by atoms with Crippen molar-refractivity contribution in [1.29, 1.82) is 0 Å². The number of anilines is 1. The molecule has 7 heteroatoms. The summed E-state index contributed by atoms with van der Waals surface area (Å²) in [5.41, 5.74) is 1.18. The minimum absolute atomic E-state index is 0.298. The molecule has 5 nitrogen and oxygen atoms in total. The van der Waals surface area contributed by atoms with E-state index in [9.17, 15) is 18.7 Å². The van der Waals surface area contributed by atoms with Crippen LogP contribution in [0.25, 0.3) is 0 Å². The Kier molecular flexibility index (Phi) is 4.95. The third-order valence-corrected chi connectivity index (χ3v) is 3.25. The summed E-state index contributed by atoms with van der Waals surface area (Å²) in [6.07, 6.45) is -2.48. The maximum absolute atomic E-state index is 12.2. The zero-order chi connectivity index (χ0) is 15.4. The summed E-state index contributed by atoms with van der Waals surface area (Å²) in [6, 6.07) is 4.56. The van der Waals surface area contributed by atoms with Crippen molar-refractivity contribution in [2.75, 3.05) is 25.0 Å². The van der Waals surface area contributed by atoms with E-state index in [-0.39, 0.29) is 6.03 Å². The highest BCUT2D eigenvalue weighted by Crippen LogP contribution is 2.23. The molecule has 0 aromatic heterocycles. The van der Waals surface area contributed by atoms with Gasteiger partial charge in [0.05, 0.1) is 6.10 Å². The van der Waals surface area contributed by atoms with Gasteiger partial charge in [0, 0.05) is 24.8 Å². The van der Waals surface area contributed by atoms with E-state index in [4.69, 9.17) is 4.74 Å². The number of halogens is 2. The molecular weight excluding hydrogens is 282 g/mol. The van der Waals surface area contributed by atoms with Crippen LogP contribution in [0.4, 0.5) is 19.3 Å². The molecule has 0 aliphatic carbocycles. The van der Waals surface area contributed by atoms with Crippen molar-refractivity contribution in [3.8, 4) is 5.75 Å². The molecule has 1 aromatic rings. The van der Waals surface area contributed by atoms with Gasteiger partial charge in [-0.25, -0.2) is 13.6 Å². The van der Waals surface area contributed by atoms with Gasteiger partial charge in [0.15, 0.2) is 0 Å². The van der Waals surface area contributed by atoms with E-state index in [0.717, 1.165) is 0 Å². The predicted molar refractivity (Wildman–Crippen MR) is 73.9 cm³/mol. The molecule has 1 atom stereocenters. The Morgan fingerprint density at radius 3 is 2.95 bits per heavy atom. The molecule has 2 amide bonds. The Bertz CT molecular complexity index is 511. The van der Waals surface area contributed by atoms with Crippen molar-refractivity contribution in [3.05, 3.63) is 23.8 Å². The fraction of sp³-hybridized carbons (Fsp3) is 0.500. The highest BCUT2D eigenvalue weighted by Gasteiger charge is 2.24. The van der Waals surface area contributed by atoms with E-state index >= 15 is 0 Å². The lowest BCUT2D eigenvalue weighted by Crippen LogP contribution is -2.33. The number of aliphatic hydroxyl groups is 1. The van der Waals surface area contributed by atoms with E-state index in [1.54, 1.807) is 19.1 Å². The van der Waals surface area contributed by atoms with E-state index < -0.39 is 19.1 Å². The van der Waals surface area contributed by atoms with E-state index in [1.165, 1.54) is 11.0 Å². The van der Waals surface area contributed by atoms with E-state index in [2.05, 4.69) is 5.32 Å². The average molecular weight is 300 g/mol. The number of aryl methyl sites for hydroxylation is 1. The van der Waals surface area contributed by atoms with Crippen molar-refractivity contribution in [1.82, 2.24) is 4.90 Å². The quantitative estimate of drug-likeness (QED) is 0.896. The summed E-state index contributed by atoms with van der Waals surface area (Å²) in [5, 5.41) is 12.1. The van der Waals surface area contributed by atoms with Gasteiger partial charge in [-0.15, -0.1) is 0 Å². The first-order valence-corrected chi connectivity index (χ1v) is 6.71. The molecule has 1 saturated heterocycles. The SMILES string of the molecule is Cc1ccc(NC(=O)N2CC[C@H](O)C2)cc1OCC(F)F. The molecule has 0 unspecified atom stereocenters. The fourth-order valence-electron chi connectivity index (χ4n) is 2.11. The summed E-state index contributed by atoms with van der Waals surface area (Å²) in [7, 11) is 0. The number of hydrogen-bond donors (Lipinski definition) is 2. The number of carbonyl (C=O) groups is 1. The summed E-state index contributed by atoms with van der Waals surface area (Å²) in [6.45, 7) is 1.85. The highest BCUT2D eigenvalue weighted by atomic mass is 19.3. The monoisotopic (exact) mass is 300 g/mol. The standard InChI is InChI=1S/C14H18F2N2O3/c1-9-2-3-10(6-12(9)21-8-13(15)16)17-14(20)18-5-4-11(19)7-18/h2-3,6,11,13,19H,4-5,7-8H2,1H3,(H,17,20)/t11-/m0/s1. The van der Waals surface area contributed by atoms with Gasteiger partial charge in [0.2, 0.25) is 0 Å². The predicted octanol–water partition coefficient (Wildman–Crippen LogP) is 2.24. The van der Waals surface area contributed by atoms with Gasteiger partial charge in [-0.2, -0.15) is 0 Å². The van der Waals surface area contributed by atoms with Crippen LogP contribution in [0.2, 0.25) is 0 Å². The number of carbonyl (C=O) groups excluding carboxylic acids is 1. The molecule has 0 radical (unpaired) electrons. The van der Waals surface area contributed by atoms with Gasteiger partial charge in [0.1, 0.15) is 12.4 Å². The fourth-order valence-corrected chi connectivity index (χ4v) is 2.11. The lowest BCUT2D eigenvalue weighted by molar-refractivity contribution is 0.0816. The molecule has 1 aliphatic rings. The number of nitrogens with one attached hydrogen (secondary N) is 1. The maximum atomic E-state index is 12.2. The van der Waals surface area contributed by atoms with E-state index in [0.29, 0.717) is 36.5 Å². The third-order valence-electron chi connectivity index (χ3n) is 3.25. The van der Waals surface area contributed by atoms with Gasteiger partial charge in [-0.05, 0) is 25.0 Å². The normalized spacial score (nSPS) is 18.1. The van der Waals surface area contributed by atoms with Gasteiger partial charge in [0.25, 0.3) is 6.43 Å². The minimum atomic E-state index is -2.55. The van der Waals surface area contributed by atoms with Crippen LogP contribution >= 0.6 is 0 Å². The summed E-state index contributed by atoms with van der Waals surface area (Å²) >= 11 is 0. The molecule has 0 spiro atoms. The molecule has 21 heavy (non-hydrogen) atoms. The summed E-state index contributed by atoms with van der Waals surface area (Å²) in [4.78, 5) is 13.5. The first kappa shape index (κ1) is 15.5. The second kappa shape index (κ2) is 6.71. The Balaban J connectivity index is 1.99. The smallest absolute Gasteiger partial charge is 0.321 e. The largest absolute Gasteiger partial charge is 0.487 e. The molecule has 0 saturated carbocycles. The number of alkyl halides is 2. The van der Waals surface area contributed by atoms with Gasteiger partial charge in [-0.1, -0.05) is 6.07 Å². The molecule has 1 heterocycles. The molecule has 2 N–H and O–H groups in total. The molecule has 116 valence electrons. The number of hydrogen-bond acceptors (Lipinski definition) is 3. The number of β-amino-alcohol motifs (C(OH)–C–C–N with tert-alkyl or cyclic N) is 1. The van der Waals surface area contributed by atoms with Crippen LogP contribution in [0.15, 0.2) is 18.2 Å². The Labute approximate surface area is 121 Å². The Hall–Kier alpha value is -1.89. The number of amides is 2. The Morgan fingerprint density at radius 1 is 1.57 bits per heavy atom. The maximum Gasteiger partial charge on any atom is 0.321 e. The molecule has 1 aliphatic heterocycles. The molecule has 1 aromatic carbocycles. The molecule has 2 rings (SSSR count).